The van der Waals surface area contributed by atoms with E-state index in [4.69, 9.17) is 11.6 Å². The maximum atomic E-state index is 11.6. The number of aromatic nitrogens is 1. The maximum Gasteiger partial charge on any atom is 0.223 e. The Kier molecular flexibility index (Phi) is 3.69. The van der Waals surface area contributed by atoms with Crippen LogP contribution in [-0.4, -0.2) is 28.7 Å². The summed E-state index contributed by atoms with van der Waals surface area (Å²) in [5, 5.41) is 1.16. The molecular weight excluding hydrogens is 236 g/mol. The molecule has 4 heteroatoms. The second-order valence-electron chi connectivity index (χ2n) is 4.05. The molecule has 0 atom stereocenters. The van der Waals surface area contributed by atoms with Gasteiger partial charge in [-0.25, -0.2) is 0 Å². The number of halogens is 1. The molecular formula is C13H15ClN2O. The van der Waals surface area contributed by atoms with Crippen molar-refractivity contribution in [2.24, 2.45) is 0 Å². The van der Waals surface area contributed by atoms with E-state index in [1.807, 2.05) is 24.4 Å². The van der Waals surface area contributed by atoms with Crippen molar-refractivity contribution < 1.29 is 4.79 Å². The quantitative estimate of drug-likeness (QED) is 0.833. The molecule has 17 heavy (non-hydrogen) atoms. The zero-order valence-electron chi connectivity index (χ0n) is 9.74. The molecule has 1 heterocycles. The summed E-state index contributed by atoms with van der Waals surface area (Å²) in [4.78, 5) is 16.5. The normalized spacial score (nSPS) is 10.7. The molecule has 0 bridgehead atoms. The lowest BCUT2D eigenvalue weighted by atomic mass is 10.1. The van der Waals surface area contributed by atoms with Gasteiger partial charge in [-0.3, -0.25) is 4.79 Å². The van der Waals surface area contributed by atoms with E-state index in [-0.39, 0.29) is 5.91 Å². The van der Waals surface area contributed by atoms with Gasteiger partial charge in [0.25, 0.3) is 0 Å². The summed E-state index contributed by atoms with van der Waals surface area (Å²) < 4.78 is 0. The highest BCUT2D eigenvalue weighted by Crippen LogP contribution is 2.19. The fourth-order valence-corrected chi connectivity index (χ4v) is 2.04. The van der Waals surface area contributed by atoms with Gasteiger partial charge in [-0.1, -0.05) is 18.2 Å². The number of alkyl halides is 1. The number of rotatable bonds is 4. The molecule has 1 amide bonds. The van der Waals surface area contributed by atoms with Crippen molar-refractivity contribution >= 4 is 28.4 Å². The van der Waals surface area contributed by atoms with Gasteiger partial charge in [0.15, 0.2) is 0 Å². The van der Waals surface area contributed by atoms with Crippen LogP contribution in [0.15, 0.2) is 30.5 Å². The Morgan fingerprint density at radius 2 is 2.18 bits per heavy atom. The number of carbonyl (C=O) groups is 1. The minimum absolute atomic E-state index is 0.0743. The van der Waals surface area contributed by atoms with E-state index in [0.717, 1.165) is 16.5 Å². The Morgan fingerprint density at radius 3 is 2.94 bits per heavy atom. The zero-order chi connectivity index (χ0) is 12.3. The van der Waals surface area contributed by atoms with Crippen LogP contribution in [0, 0.1) is 0 Å². The Balaban J connectivity index is 2.16. The summed E-state index contributed by atoms with van der Waals surface area (Å²) >= 11 is 5.56. The first-order chi connectivity index (χ1) is 8.22. The average molecular weight is 251 g/mol. The fourth-order valence-electron chi connectivity index (χ4n) is 1.88. The number of para-hydroxylation sites is 1. The molecule has 0 fully saturated rings. The number of H-pyrrole nitrogens is 1. The molecule has 3 nitrogen and oxygen atoms in total. The van der Waals surface area contributed by atoms with Crippen LogP contribution >= 0.6 is 11.6 Å². The van der Waals surface area contributed by atoms with Crippen LogP contribution in [0.25, 0.3) is 10.9 Å². The molecule has 0 unspecified atom stereocenters. The van der Waals surface area contributed by atoms with Crippen LogP contribution in [-0.2, 0) is 11.3 Å². The lowest BCUT2D eigenvalue weighted by Gasteiger charge is -2.16. The molecule has 0 spiro atoms. The number of carbonyl (C=O) groups excluding carboxylic acids is 1. The number of benzene rings is 1. The Bertz CT molecular complexity index is 521. The number of hydrogen-bond acceptors (Lipinski definition) is 1. The predicted molar refractivity (Wildman–Crippen MR) is 70.1 cm³/mol. The third kappa shape index (κ3) is 2.61. The number of nitrogens with one attached hydrogen (secondary N) is 1. The van der Waals surface area contributed by atoms with Gasteiger partial charge in [0.2, 0.25) is 5.91 Å². The van der Waals surface area contributed by atoms with Crippen molar-refractivity contribution in [3.8, 4) is 0 Å². The first-order valence-corrected chi connectivity index (χ1v) is 6.10. The number of amides is 1. The maximum absolute atomic E-state index is 11.6. The van der Waals surface area contributed by atoms with Gasteiger partial charge in [-0.15, -0.1) is 11.6 Å². The van der Waals surface area contributed by atoms with Gasteiger partial charge in [0.05, 0.1) is 0 Å². The molecule has 2 aromatic rings. The fraction of sp³-hybridized carbons (Fsp3) is 0.308. The molecule has 0 aliphatic rings. The van der Waals surface area contributed by atoms with Crippen LogP contribution in [0.2, 0.25) is 0 Å². The summed E-state index contributed by atoms with van der Waals surface area (Å²) in [6.45, 7) is 0.611. The Morgan fingerprint density at radius 1 is 1.41 bits per heavy atom. The van der Waals surface area contributed by atoms with Gasteiger partial charge in [-0.05, 0) is 11.6 Å². The lowest BCUT2D eigenvalue weighted by molar-refractivity contribution is -0.129. The lowest BCUT2D eigenvalue weighted by Crippen LogP contribution is -2.26. The molecule has 0 radical (unpaired) electrons. The van der Waals surface area contributed by atoms with Crippen LogP contribution in [0.5, 0.6) is 0 Å². The van der Waals surface area contributed by atoms with Gasteiger partial charge < -0.3 is 9.88 Å². The summed E-state index contributed by atoms with van der Waals surface area (Å²) in [6.07, 6.45) is 2.34. The zero-order valence-corrected chi connectivity index (χ0v) is 10.5. The van der Waals surface area contributed by atoms with Gasteiger partial charge >= 0.3 is 0 Å². The number of aromatic amines is 1. The van der Waals surface area contributed by atoms with Gasteiger partial charge in [0, 0.05) is 43.0 Å². The summed E-state index contributed by atoms with van der Waals surface area (Å²) in [6, 6.07) is 8.08. The molecule has 1 N–H and O–H groups in total. The van der Waals surface area contributed by atoms with Crippen LogP contribution in [0.4, 0.5) is 0 Å². The third-order valence-corrected chi connectivity index (χ3v) is 3.01. The van der Waals surface area contributed by atoms with Crippen LogP contribution < -0.4 is 0 Å². The van der Waals surface area contributed by atoms with Crippen molar-refractivity contribution in [3.05, 3.63) is 36.0 Å². The molecule has 1 aromatic carbocycles. The third-order valence-electron chi connectivity index (χ3n) is 2.82. The van der Waals surface area contributed by atoms with Crippen molar-refractivity contribution in [1.29, 1.82) is 0 Å². The second-order valence-corrected chi connectivity index (χ2v) is 4.43. The predicted octanol–water partition coefficient (Wildman–Crippen LogP) is 2.76. The SMILES string of the molecule is CN(Cc1c[nH]c2ccccc12)C(=O)CCCl. The van der Waals surface area contributed by atoms with E-state index in [0.29, 0.717) is 18.8 Å². The van der Waals surface area contributed by atoms with Crippen molar-refractivity contribution in [2.45, 2.75) is 13.0 Å². The van der Waals surface area contributed by atoms with E-state index in [2.05, 4.69) is 11.1 Å². The highest BCUT2D eigenvalue weighted by molar-refractivity contribution is 6.18. The van der Waals surface area contributed by atoms with E-state index in [1.54, 1.807) is 11.9 Å². The molecule has 2 rings (SSSR count). The standard InChI is InChI=1S/C13H15ClN2O/c1-16(13(17)6-7-14)9-10-8-15-12-5-3-2-4-11(10)12/h2-5,8,15H,6-7,9H2,1H3. The Hall–Kier alpha value is -1.48. The minimum atomic E-state index is 0.0743. The highest BCUT2D eigenvalue weighted by Gasteiger charge is 2.10. The summed E-state index contributed by atoms with van der Waals surface area (Å²) in [5.74, 6) is 0.446. The van der Waals surface area contributed by atoms with Crippen LogP contribution in [0.3, 0.4) is 0 Å². The molecule has 0 saturated carbocycles. The average Bonchev–Trinajstić information content (AvgIpc) is 2.73. The van der Waals surface area contributed by atoms with Crippen LogP contribution in [0.1, 0.15) is 12.0 Å². The smallest absolute Gasteiger partial charge is 0.223 e. The van der Waals surface area contributed by atoms with Gasteiger partial charge in [-0.2, -0.15) is 0 Å². The van der Waals surface area contributed by atoms with E-state index in [9.17, 15) is 4.79 Å². The highest BCUT2D eigenvalue weighted by atomic mass is 35.5. The van der Waals surface area contributed by atoms with E-state index >= 15 is 0 Å². The second kappa shape index (κ2) is 5.23. The number of hydrogen-bond donors (Lipinski definition) is 1. The van der Waals surface area contributed by atoms with E-state index < -0.39 is 0 Å². The number of fused-ring (bicyclic) bond motifs is 1. The Labute approximate surface area is 105 Å². The topological polar surface area (TPSA) is 36.1 Å². The van der Waals surface area contributed by atoms with Crippen molar-refractivity contribution in [3.63, 3.8) is 0 Å². The molecule has 0 aliphatic carbocycles. The summed E-state index contributed by atoms with van der Waals surface area (Å²) in [5.41, 5.74) is 2.23. The monoisotopic (exact) mass is 250 g/mol. The van der Waals surface area contributed by atoms with Gasteiger partial charge in [0.1, 0.15) is 0 Å². The van der Waals surface area contributed by atoms with E-state index in [1.165, 1.54) is 0 Å². The largest absolute Gasteiger partial charge is 0.361 e. The molecule has 90 valence electrons. The number of nitrogens with zero attached hydrogens (tertiary/aromatic N) is 1. The molecule has 1 aromatic heterocycles. The molecule has 0 aliphatic heterocycles. The first-order valence-electron chi connectivity index (χ1n) is 5.57. The van der Waals surface area contributed by atoms with Crippen molar-refractivity contribution in [1.82, 2.24) is 9.88 Å². The van der Waals surface area contributed by atoms with Crippen molar-refractivity contribution in [2.75, 3.05) is 12.9 Å². The first kappa shape index (κ1) is 12.0. The summed E-state index contributed by atoms with van der Waals surface area (Å²) in [7, 11) is 1.80. The molecule has 0 saturated heterocycles. The minimum Gasteiger partial charge on any atom is -0.361 e.